The maximum absolute atomic E-state index is 12.0. The second-order valence-corrected chi connectivity index (χ2v) is 5.03. The van der Waals surface area contributed by atoms with Gasteiger partial charge in [-0.3, -0.25) is 19.3 Å². The number of benzene rings is 1. The third-order valence-corrected chi connectivity index (χ3v) is 3.88. The molecule has 0 radical (unpaired) electrons. The van der Waals surface area contributed by atoms with Gasteiger partial charge >= 0.3 is 5.97 Å². The minimum Gasteiger partial charge on any atom is -0.497 e. The van der Waals surface area contributed by atoms with Gasteiger partial charge in [-0.1, -0.05) is 12.1 Å². The van der Waals surface area contributed by atoms with Crippen LogP contribution in [-0.4, -0.2) is 34.9 Å². The average molecular weight is 275 g/mol. The molecule has 1 N–H and O–H groups in total. The largest absolute Gasteiger partial charge is 0.497 e. The Kier molecular flexibility index (Phi) is 2.74. The maximum Gasteiger partial charge on any atom is 0.308 e. The number of hydrogen-bond acceptors (Lipinski definition) is 4. The van der Waals surface area contributed by atoms with Gasteiger partial charge in [0.05, 0.1) is 31.4 Å². The first-order valence-electron chi connectivity index (χ1n) is 6.25. The van der Waals surface area contributed by atoms with Crippen molar-refractivity contribution in [1.82, 2.24) is 4.90 Å². The summed E-state index contributed by atoms with van der Waals surface area (Å²) in [5.74, 6) is -3.32. The van der Waals surface area contributed by atoms with Crippen molar-refractivity contribution in [3.63, 3.8) is 0 Å². The molecule has 1 aromatic carbocycles. The van der Waals surface area contributed by atoms with E-state index >= 15 is 0 Å². The molecule has 3 rings (SSSR count). The summed E-state index contributed by atoms with van der Waals surface area (Å²) in [7, 11) is 1.54. The normalized spacial score (nSPS) is 27.4. The molecule has 20 heavy (non-hydrogen) atoms. The number of piperidine rings is 1. The van der Waals surface area contributed by atoms with Crippen LogP contribution in [0.2, 0.25) is 0 Å². The van der Waals surface area contributed by atoms with Crippen LogP contribution in [0.15, 0.2) is 24.3 Å². The van der Waals surface area contributed by atoms with Gasteiger partial charge in [-0.25, -0.2) is 0 Å². The molecule has 6 heteroatoms. The van der Waals surface area contributed by atoms with Gasteiger partial charge in [-0.15, -0.1) is 0 Å². The van der Waals surface area contributed by atoms with Crippen LogP contribution in [0.5, 0.6) is 5.75 Å². The number of carboxylic acid groups (broad SMARTS) is 1. The Labute approximate surface area is 114 Å². The third kappa shape index (κ3) is 1.76. The minimum absolute atomic E-state index is 0.161. The molecule has 1 aliphatic heterocycles. The highest BCUT2D eigenvalue weighted by Crippen LogP contribution is 2.53. The Balaban J connectivity index is 1.76. The van der Waals surface area contributed by atoms with Gasteiger partial charge in [-0.05, 0) is 17.7 Å². The van der Waals surface area contributed by atoms with Gasteiger partial charge in [0.25, 0.3) is 0 Å². The number of hydrogen-bond donors (Lipinski definition) is 1. The summed E-state index contributed by atoms with van der Waals surface area (Å²) in [5, 5.41) is 8.90. The molecule has 0 bridgehead atoms. The Morgan fingerprint density at radius 2 is 1.95 bits per heavy atom. The predicted octanol–water partition coefficient (Wildman–Crippen LogP) is 0.511. The van der Waals surface area contributed by atoms with Crippen molar-refractivity contribution in [2.24, 2.45) is 17.8 Å². The second-order valence-electron chi connectivity index (χ2n) is 5.03. The van der Waals surface area contributed by atoms with E-state index in [9.17, 15) is 14.4 Å². The number of fused-ring (bicyclic) bond motifs is 1. The number of ether oxygens (including phenoxy) is 1. The lowest BCUT2D eigenvalue weighted by Gasteiger charge is -2.17. The number of amides is 2. The number of carbonyl (C=O) groups is 3. The van der Waals surface area contributed by atoms with E-state index in [2.05, 4.69) is 0 Å². The molecular formula is C14H13NO5. The van der Waals surface area contributed by atoms with Gasteiger partial charge in [0, 0.05) is 0 Å². The van der Waals surface area contributed by atoms with E-state index in [4.69, 9.17) is 9.84 Å². The lowest BCUT2D eigenvalue weighted by Crippen LogP contribution is -2.35. The highest BCUT2D eigenvalue weighted by molar-refractivity contribution is 6.13. The van der Waals surface area contributed by atoms with Crippen molar-refractivity contribution >= 4 is 17.8 Å². The molecule has 2 amide bonds. The first-order valence-corrected chi connectivity index (χ1v) is 6.25. The van der Waals surface area contributed by atoms with Crippen molar-refractivity contribution in [2.75, 3.05) is 7.11 Å². The summed E-state index contributed by atoms with van der Waals surface area (Å²) in [6.45, 7) is 0.161. The molecule has 2 fully saturated rings. The van der Waals surface area contributed by atoms with E-state index in [1.807, 2.05) is 0 Å². The molecular weight excluding hydrogens is 262 g/mol. The number of carboxylic acids is 1. The SMILES string of the molecule is COc1cccc(CN2C(=O)C3C(C(=O)O)C3C2=O)c1. The zero-order valence-corrected chi connectivity index (χ0v) is 10.8. The Hall–Kier alpha value is -2.37. The van der Waals surface area contributed by atoms with Gasteiger partial charge < -0.3 is 9.84 Å². The lowest BCUT2D eigenvalue weighted by molar-refractivity contribution is -0.149. The predicted molar refractivity (Wildman–Crippen MR) is 66.7 cm³/mol. The van der Waals surface area contributed by atoms with E-state index in [-0.39, 0.29) is 18.4 Å². The highest BCUT2D eigenvalue weighted by Gasteiger charge is 2.70. The van der Waals surface area contributed by atoms with Gasteiger partial charge in [0.1, 0.15) is 5.75 Å². The van der Waals surface area contributed by atoms with E-state index < -0.39 is 23.7 Å². The molecule has 6 nitrogen and oxygen atoms in total. The monoisotopic (exact) mass is 275 g/mol. The Bertz CT molecular complexity index is 589. The molecule has 0 aromatic heterocycles. The van der Waals surface area contributed by atoms with Crippen LogP contribution in [-0.2, 0) is 20.9 Å². The van der Waals surface area contributed by atoms with Crippen molar-refractivity contribution in [1.29, 1.82) is 0 Å². The van der Waals surface area contributed by atoms with Gasteiger partial charge in [0.15, 0.2) is 0 Å². The van der Waals surface area contributed by atoms with Crippen LogP contribution in [0, 0.1) is 17.8 Å². The number of rotatable bonds is 4. The lowest BCUT2D eigenvalue weighted by atomic mass is 10.2. The quantitative estimate of drug-likeness (QED) is 0.809. The molecule has 1 aromatic rings. The number of methoxy groups -OCH3 is 1. The fourth-order valence-corrected chi connectivity index (χ4v) is 2.81. The third-order valence-electron chi connectivity index (χ3n) is 3.88. The topological polar surface area (TPSA) is 83.9 Å². The van der Waals surface area contributed by atoms with Gasteiger partial charge in [-0.2, -0.15) is 0 Å². The van der Waals surface area contributed by atoms with Crippen LogP contribution in [0.3, 0.4) is 0 Å². The number of nitrogens with zero attached hydrogens (tertiary/aromatic N) is 1. The van der Waals surface area contributed by atoms with Gasteiger partial charge in [0.2, 0.25) is 11.8 Å². The first kappa shape index (κ1) is 12.7. The zero-order chi connectivity index (χ0) is 14.4. The molecule has 1 saturated heterocycles. The summed E-state index contributed by atoms with van der Waals surface area (Å²) in [4.78, 5) is 36.1. The molecule has 1 heterocycles. The van der Waals surface area contributed by atoms with E-state index in [0.717, 1.165) is 10.5 Å². The summed E-state index contributed by atoms with van der Waals surface area (Å²) in [5.41, 5.74) is 0.777. The fourth-order valence-electron chi connectivity index (χ4n) is 2.81. The summed E-state index contributed by atoms with van der Waals surface area (Å²) >= 11 is 0. The van der Waals surface area contributed by atoms with Crippen molar-refractivity contribution in [2.45, 2.75) is 6.54 Å². The fraction of sp³-hybridized carbons (Fsp3) is 0.357. The van der Waals surface area contributed by atoms with Crippen LogP contribution in [0.4, 0.5) is 0 Å². The molecule has 0 spiro atoms. The zero-order valence-electron chi connectivity index (χ0n) is 10.8. The number of carbonyl (C=O) groups excluding carboxylic acids is 2. The van der Waals surface area contributed by atoms with Crippen LogP contribution in [0.1, 0.15) is 5.56 Å². The van der Waals surface area contributed by atoms with Crippen molar-refractivity contribution < 1.29 is 24.2 Å². The molecule has 2 aliphatic rings. The van der Waals surface area contributed by atoms with E-state index in [1.54, 1.807) is 24.3 Å². The smallest absolute Gasteiger partial charge is 0.308 e. The second kappa shape index (κ2) is 4.33. The average Bonchev–Trinajstić information content (AvgIpc) is 3.14. The van der Waals surface area contributed by atoms with Crippen molar-refractivity contribution in [3.05, 3.63) is 29.8 Å². The summed E-state index contributed by atoms with van der Waals surface area (Å²) < 4.78 is 5.09. The standard InChI is InChI=1S/C14H13NO5/c1-20-8-4-2-3-7(5-8)6-15-12(16)9-10(13(15)17)11(9)14(18)19/h2-5,9-11H,6H2,1H3,(H,18,19). The molecule has 2 atom stereocenters. The molecule has 2 unspecified atom stereocenters. The molecule has 1 aliphatic carbocycles. The molecule has 1 saturated carbocycles. The van der Waals surface area contributed by atoms with Crippen LogP contribution < -0.4 is 4.74 Å². The van der Waals surface area contributed by atoms with E-state index in [1.165, 1.54) is 7.11 Å². The van der Waals surface area contributed by atoms with Crippen molar-refractivity contribution in [3.8, 4) is 5.75 Å². The maximum atomic E-state index is 12.0. The van der Waals surface area contributed by atoms with Crippen LogP contribution >= 0.6 is 0 Å². The van der Waals surface area contributed by atoms with Crippen LogP contribution in [0.25, 0.3) is 0 Å². The summed E-state index contributed by atoms with van der Waals surface area (Å²) in [6, 6.07) is 7.09. The summed E-state index contributed by atoms with van der Waals surface area (Å²) in [6.07, 6.45) is 0. The minimum atomic E-state index is -1.07. The Morgan fingerprint density at radius 1 is 1.30 bits per heavy atom. The molecule has 104 valence electrons. The highest BCUT2D eigenvalue weighted by atomic mass is 16.5. The van der Waals surface area contributed by atoms with E-state index in [0.29, 0.717) is 5.75 Å². The number of imide groups is 1. The number of likely N-dealkylation sites (tertiary alicyclic amines) is 1. The number of aliphatic carboxylic acids is 1. The first-order chi connectivity index (χ1) is 9.54. The Morgan fingerprint density at radius 3 is 2.50 bits per heavy atom.